The van der Waals surface area contributed by atoms with Gasteiger partial charge >= 0.3 is 0 Å². The monoisotopic (exact) mass is 268 g/mol. The maximum Gasteiger partial charge on any atom is 0.0117 e. The second-order valence-corrected chi connectivity index (χ2v) is 5.40. The molecule has 2 rings (SSSR count). The van der Waals surface area contributed by atoms with Crippen LogP contribution in [0.2, 0.25) is 0 Å². The minimum Gasteiger partial charge on any atom is -0.0683 e. The molecule has 0 aliphatic rings. The van der Waals surface area contributed by atoms with E-state index in [1.807, 2.05) is 13.8 Å². The fourth-order valence-electron chi connectivity index (χ4n) is 2.51. The van der Waals surface area contributed by atoms with E-state index in [1.165, 1.54) is 11.1 Å². The molecule has 0 bridgehead atoms. The van der Waals surface area contributed by atoms with Gasteiger partial charge in [0.15, 0.2) is 0 Å². The molecule has 0 radical (unpaired) electrons. The Hall–Kier alpha value is -1.56. The van der Waals surface area contributed by atoms with E-state index in [1.54, 1.807) is 0 Å². The predicted octanol–water partition coefficient (Wildman–Crippen LogP) is 6.14. The molecule has 0 heteroatoms. The van der Waals surface area contributed by atoms with Crippen LogP contribution >= 0.6 is 0 Å². The van der Waals surface area contributed by atoms with Gasteiger partial charge in [0.1, 0.15) is 0 Å². The number of hydrogen-bond donors (Lipinski definition) is 0. The lowest BCUT2D eigenvalue weighted by Crippen LogP contribution is -2.16. The third kappa shape index (κ3) is 4.23. The van der Waals surface area contributed by atoms with Crippen molar-refractivity contribution in [2.45, 2.75) is 40.5 Å². The highest BCUT2D eigenvalue weighted by Crippen LogP contribution is 2.35. The van der Waals surface area contributed by atoms with Crippen LogP contribution < -0.4 is 0 Å². The van der Waals surface area contributed by atoms with E-state index in [9.17, 15) is 0 Å². The summed E-state index contributed by atoms with van der Waals surface area (Å²) in [5.41, 5.74) is 2.84. The van der Waals surface area contributed by atoms with Gasteiger partial charge in [-0.15, -0.1) is 0 Å². The molecule has 0 spiro atoms. The van der Waals surface area contributed by atoms with Crippen molar-refractivity contribution in [3.8, 4) is 0 Å². The second-order valence-electron chi connectivity index (χ2n) is 5.40. The van der Waals surface area contributed by atoms with Gasteiger partial charge < -0.3 is 0 Å². The first-order chi connectivity index (χ1) is 9.70. The van der Waals surface area contributed by atoms with Gasteiger partial charge in [0.2, 0.25) is 0 Å². The lowest BCUT2D eigenvalue weighted by Gasteiger charge is -2.28. The molecule has 0 aromatic heterocycles. The first-order valence-electron chi connectivity index (χ1n) is 7.80. The first kappa shape index (κ1) is 16.5. The molecule has 0 saturated carbocycles. The molecule has 1 unspecified atom stereocenters. The molecule has 108 valence electrons. The predicted molar refractivity (Wildman–Crippen MR) is 90.1 cm³/mol. The van der Waals surface area contributed by atoms with Crippen molar-refractivity contribution in [1.82, 2.24) is 0 Å². The standard InChI is InChI=1S/C18H22.C2H6/c1-14(2)15(3)18(16-10-6-4-7-11-16)17-12-8-5-9-13-17;1-2/h4-15,18H,1-3H3;1-2H3. The zero-order valence-electron chi connectivity index (χ0n) is 13.5. The average Bonchev–Trinajstić information content (AvgIpc) is 2.51. The Morgan fingerprint density at radius 2 is 0.950 bits per heavy atom. The molecule has 0 aliphatic carbocycles. The summed E-state index contributed by atoms with van der Waals surface area (Å²) in [6, 6.07) is 21.7. The fourth-order valence-corrected chi connectivity index (χ4v) is 2.51. The molecule has 20 heavy (non-hydrogen) atoms. The van der Waals surface area contributed by atoms with Gasteiger partial charge in [-0.2, -0.15) is 0 Å². The Bertz CT molecular complexity index is 416. The van der Waals surface area contributed by atoms with E-state index in [0.29, 0.717) is 17.8 Å². The van der Waals surface area contributed by atoms with Crippen molar-refractivity contribution in [3.05, 3.63) is 71.8 Å². The van der Waals surface area contributed by atoms with Crippen LogP contribution in [-0.2, 0) is 0 Å². The molecule has 0 saturated heterocycles. The quantitative estimate of drug-likeness (QED) is 0.625. The van der Waals surface area contributed by atoms with Gasteiger partial charge in [-0.05, 0) is 23.0 Å². The third-order valence-electron chi connectivity index (χ3n) is 3.89. The van der Waals surface area contributed by atoms with E-state index in [2.05, 4.69) is 81.4 Å². The maximum atomic E-state index is 2.36. The van der Waals surface area contributed by atoms with Crippen LogP contribution in [0.5, 0.6) is 0 Å². The van der Waals surface area contributed by atoms with Crippen molar-refractivity contribution in [3.63, 3.8) is 0 Å². The first-order valence-corrected chi connectivity index (χ1v) is 7.80. The number of benzene rings is 2. The number of hydrogen-bond acceptors (Lipinski definition) is 0. The lowest BCUT2D eigenvalue weighted by atomic mass is 9.76. The van der Waals surface area contributed by atoms with E-state index in [-0.39, 0.29) is 0 Å². The van der Waals surface area contributed by atoms with Gasteiger partial charge in [0.05, 0.1) is 0 Å². The van der Waals surface area contributed by atoms with Crippen LogP contribution in [0.3, 0.4) is 0 Å². The maximum absolute atomic E-state index is 2.36. The Balaban J connectivity index is 0.000000956. The molecular weight excluding hydrogens is 240 g/mol. The van der Waals surface area contributed by atoms with Crippen LogP contribution in [-0.4, -0.2) is 0 Å². The summed E-state index contributed by atoms with van der Waals surface area (Å²) in [6.45, 7) is 11.0. The minimum atomic E-state index is 0.493. The smallest absolute Gasteiger partial charge is 0.0117 e. The lowest BCUT2D eigenvalue weighted by molar-refractivity contribution is 0.378. The highest BCUT2D eigenvalue weighted by atomic mass is 14.3. The van der Waals surface area contributed by atoms with Crippen molar-refractivity contribution in [2.75, 3.05) is 0 Å². The summed E-state index contributed by atoms with van der Waals surface area (Å²) in [7, 11) is 0. The van der Waals surface area contributed by atoms with Gasteiger partial charge in [-0.25, -0.2) is 0 Å². The second kappa shape index (κ2) is 8.58. The van der Waals surface area contributed by atoms with E-state index in [0.717, 1.165) is 0 Å². The van der Waals surface area contributed by atoms with E-state index in [4.69, 9.17) is 0 Å². The van der Waals surface area contributed by atoms with Crippen molar-refractivity contribution >= 4 is 0 Å². The van der Waals surface area contributed by atoms with Crippen molar-refractivity contribution in [1.29, 1.82) is 0 Å². The van der Waals surface area contributed by atoms with Crippen LogP contribution in [0.15, 0.2) is 60.7 Å². The van der Waals surface area contributed by atoms with Gasteiger partial charge in [-0.1, -0.05) is 95.3 Å². The summed E-state index contributed by atoms with van der Waals surface area (Å²) in [6.07, 6.45) is 0. The molecular formula is C20H28. The van der Waals surface area contributed by atoms with E-state index < -0.39 is 0 Å². The Morgan fingerprint density at radius 1 is 0.600 bits per heavy atom. The molecule has 1 atom stereocenters. The Kier molecular flexibility index (Phi) is 7.08. The van der Waals surface area contributed by atoms with Crippen LogP contribution in [0.4, 0.5) is 0 Å². The molecule has 2 aromatic rings. The molecule has 0 amide bonds. The summed E-state index contributed by atoms with van der Waals surface area (Å²) in [5.74, 6) is 1.80. The van der Waals surface area contributed by atoms with Crippen LogP contribution in [0.25, 0.3) is 0 Å². The third-order valence-corrected chi connectivity index (χ3v) is 3.89. The molecule has 0 heterocycles. The fraction of sp³-hybridized carbons (Fsp3) is 0.400. The van der Waals surface area contributed by atoms with Crippen LogP contribution in [0, 0.1) is 11.8 Å². The zero-order valence-corrected chi connectivity index (χ0v) is 13.5. The van der Waals surface area contributed by atoms with Gasteiger partial charge in [-0.3, -0.25) is 0 Å². The molecule has 2 aromatic carbocycles. The van der Waals surface area contributed by atoms with Crippen molar-refractivity contribution in [2.24, 2.45) is 11.8 Å². The Labute approximate surface area is 124 Å². The molecule has 0 aliphatic heterocycles. The normalized spacial score (nSPS) is 11.9. The summed E-state index contributed by atoms with van der Waals surface area (Å²) < 4.78 is 0. The summed E-state index contributed by atoms with van der Waals surface area (Å²) >= 11 is 0. The zero-order chi connectivity index (χ0) is 15.0. The molecule has 0 N–H and O–H groups in total. The van der Waals surface area contributed by atoms with E-state index >= 15 is 0 Å². The topological polar surface area (TPSA) is 0 Å². The molecule has 0 nitrogen and oxygen atoms in total. The number of rotatable bonds is 4. The summed E-state index contributed by atoms with van der Waals surface area (Å²) in [4.78, 5) is 0. The van der Waals surface area contributed by atoms with Gasteiger partial charge in [0, 0.05) is 5.92 Å². The Morgan fingerprint density at radius 3 is 1.25 bits per heavy atom. The summed E-state index contributed by atoms with van der Waals surface area (Å²) in [5, 5.41) is 0. The van der Waals surface area contributed by atoms with Crippen molar-refractivity contribution < 1.29 is 0 Å². The largest absolute Gasteiger partial charge is 0.0683 e. The highest BCUT2D eigenvalue weighted by molar-refractivity contribution is 5.33. The minimum absolute atomic E-state index is 0.493. The SMILES string of the molecule is CC.CC(C)C(C)C(c1ccccc1)c1ccccc1. The average molecular weight is 268 g/mol. The molecule has 0 fully saturated rings. The highest BCUT2D eigenvalue weighted by Gasteiger charge is 2.23. The van der Waals surface area contributed by atoms with Gasteiger partial charge in [0.25, 0.3) is 0 Å². The van der Waals surface area contributed by atoms with Crippen LogP contribution in [0.1, 0.15) is 51.7 Å².